The van der Waals surface area contributed by atoms with Crippen LogP contribution in [-0.2, 0) is 14.8 Å². The van der Waals surface area contributed by atoms with Crippen molar-refractivity contribution in [2.75, 3.05) is 24.3 Å². The number of benzene rings is 2. The third kappa shape index (κ3) is 5.79. The fourth-order valence-corrected chi connectivity index (χ4v) is 4.39. The van der Waals surface area contributed by atoms with E-state index < -0.39 is 22.0 Å². The van der Waals surface area contributed by atoms with Crippen LogP contribution in [0.3, 0.4) is 0 Å². The number of rotatable bonds is 9. The third-order valence-corrected chi connectivity index (χ3v) is 5.98. The number of hydrogen-bond acceptors (Lipinski definition) is 5. The van der Waals surface area contributed by atoms with Gasteiger partial charge in [0.15, 0.2) is 0 Å². The molecule has 0 unspecified atom stereocenters. The number of ether oxygens (including phenoxy) is 2. The number of hydrogen-bond donors (Lipinski definition) is 1. The Morgan fingerprint density at radius 2 is 1.80 bits per heavy atom. The fraction of sp³-hybridized carbons (Fsp3) is 0.381. The summed E-state index contributed by atoms with van der Waals surface area (Å²) in [5.41, 5.74) is 1.06. The minimum atomic E-state index is -3.81. The highest BCUT2D eigenvalue weighted by Crippen LogP contribution is 2.34. The molecule has 0 fully saturated rings. The van der Waals surface area contributed by atoms with Crippen LogP contribution in [0.2, 0.25) is 5.02 Å². The zero-order valence-electron chi connectivity index (χ0n) is 17.7. The van der Waals surface area contributed by atoms with Crippen molar-refractivity contribution >= 4 is 33.2 Å². The number of sulfonamides is 1. The number of carbonyl (C=O) groups excluding carboxylic acids is 1. The molecule has 2 atom stereocenters. The molecule has 0 aliphatic carbocycles. The van der Waals surface area contributed by atoms with E-state index in [4.69, 9.17) is 21.1 Å². The third-order valence-electron chi connectivity index (χ3n) is 4.52. The first-order valence-corrected chi connectivity index (χ1v) is 11.7. The molecule has 164 valence electrons. The first-order valence-electron chi connectivity index (χ1n) is 9.44. The fourth-order valence-electron chi connectivity index (χ4n) is 3.05. The van der Waals surface area contributed by atoms with Gasteiger partial charge in [0, 0.05) is 5.02 Å². The molecule has 9 heteroatoms. The Bertz CT molecular complexity index is 979. The average molecular weight is 455 g/mol. The summed E-state index contributed by atoms with van der Waals surface area (Å²) in [7, 11) is -2.38. The van der Waals surface area contributed by atoms with Gasteiger partial charge in [0.25, 0.3) is 0 Å². The molecule has 7 nitrogen and oxygen atoms in total. The maximum absolute atomic E-state index is 12.9. The molecule has 0 radical (unpaired) electrons. The van der Waals surface area contributed by atoms with Crippen LogP contribution in [0, 0.1) is 0 Å². The van der Waals surface area contributed by atoms with Gasteiger partial charge in [0.2, 0.25) is 15.9 Å². The van der Waals surface area contributed by atoms with Gasteiger partial charge in [-0.05, 0) is 56.7 Å². The van der Waals surface area contributed by atoms with Gasteiger partial charge >= 0.3 is 0 Å². The summed E-state index contributed by atoms with van der Waals surface area (Å²) < 4.78 is 36.8. The van der Waals surface area contributed by atoms with Crippen LogP contribution in [-0.4, -0.2) is 40.3 Å². The lowest BCUT2D eigenvalue weighted by atomic mass is 10.1. The van der Waals surface area contributed by atoms with E-state index >= 15 is 0 Å². The van der Waals surface area contributed by atoms with E-state index in [-0.39, 0.29) is 11.7 Å². The van der Waals surface area contributed by atoms with Crippen LogP contribution in [0.4, 0.5) is 5.69 Å². The van der Waals surface area contributed by atoms with E-state index in [1.54, 1.807) is 12.1 Å². The predicted molar refractivity (Wildman–Crippen MR) is 119 cm³/mol. The number of anilines is 1. The second-order valence-electron chi connectivity index (χ2n) is 6.78. The number of amides is 1. The second-order valence-corrected chi connectivity index (χ2v) is 9.08. The number of nitrogens with one attached hydrogen (secondary N) is 1. The average Bonchev–Trinajstić information content (AvgIpc) is 2.68. The molecule has 0 saturated heterocycles. The summed E-state index contributed by atoms with van der Waals surface area (Å²) in [6.45, 7) is 5.81. The Balaban J connectivity index is 2.27. The smallest absolute Gasteiger partial charge is 0.244 e. The van der Waals surface area contributed by atoms with Crippen molar-refractivity contribution in [1.29, 1.82) is 0 Å². The van der Waals surface area contributed by atoms with Crippen LogP contribution >= 0.6 is 11.6 Å². The van der Waals surface area contributed by atoms with Crippen LogP contribution in [0.15, 0.2) is 42.5 Å². The Hall–Kier alpha value is -2.45. The molecule has 0 saturated carbocycles. The molecule has 30 heavy (non-hydrogen) atoms. The number of carbonyl (C=O) groups is 1. The highest BCUT2D eigenvalue weighted by Gasteiger charge is 2.32. The molecule has 0 heterocycles. The number of methoxy groups -OCH3 is 1. The van der Waals surface area contributed by atoms with Crippen molar-refractivity contribution in [3.8, 4) is 11.5 Å². The molecule has 2 aromatic carbocycles. The Labute approximate surface area is 183 Å². The highest BCUT2D eigenvalue weighted by molar-refractivity contribution is 7.92. The molecule has 1 N–H and O–H groups in total. The van der Waals surface area contributed by atoms with Crippen molar-refractivity contribution in [2.45, 2.75) is 32.9 Å². The summed E-state index contributed by atoms with van der Waals surface area (Å²) in [5, 5.41) is 3.19. The second kappa shape index (κ2) is 10.0. The van der Waals surface area contributed by atoms with E-state index in [9.17, 15) is 13.2 Å². The maximum Gasteiger partial charge on any atom is 0.244 e. The topological polar surface area (TPSA) is 84.9 Å². The van der Waals surface area contributed by atoms with Crippen LogP contribution in [0.5, 0.6) is 11.5 Å². The molecule has 0 spiro atoms. The summed E-state index contributed by atoms with van der Waals surface area (Å²) >= 11 is 6.06. The monoisotopic (exact) mass is 454 g/mol. The molecule has 0 bridgehead atoms. The van der Waals surface area contributed by atoms with Gasteiger partial charge in [-0.15, -0.1) is 0 Å². The van der Waals surface area contributed by atoms with Gasteiger partial charge in [-0.2, -0.15) is 0 Å². The molecule has 2 aromatic rings. The molecular weight excluding hydrogens is 428 g/mol. The first-order chi connectivity index (χ1) is 14.1. The lowest BCUT2D eigenvalue weighted by molar-refractivity contribution is -0.122. The van der Waals surface area contributed by atoms with Crippen LogP contribution < -0.4 is 19.1 Å². The quantitative estimate of drug-likeness (QED) is 0.623. The zero-order chi connectivity index (χ0) is 22.5. The summed E-state index contributed by atoms with van der Waals surface area (Å²) in [6, 6.07) is 10.6. The normalized spacial score (nSPS) is 13.3. The van der Waals surface area contributed by atoms with Gasteiger partial charge in [0.05, 0.1) is 31.7 Å². The summed E-state index contributed by atoms with van der Waals surface area (Å²) in [6.07, 6.45) is 1.03. The summed E-state index contributed by atoms with van der Waals surface area (Å²) in [4.78, 5) is 12.9. The molecule has 0 aromatic heterocycles. The van der Waals surface area contributed by atoms with Gasteiger partial charge in [-0.25, -0.2) is 8.42 Å². The minimum absolute atomic E-state index is 0.198. The Kier molecular flexibility index (Phi) is 7.97. The molecule has 0 aliphatic heterocycles. The van der Waals surface area contributed by atoms with E-state index in [0.717, 1.165) is 21.9 Å². The van der Waals surface area contributed by atoms with E-state index in [1.807, 2.05) is 38.1 Å². The molecule has 1 amide bonds. The van der Waals surface area contributed by atoms with Gasteiger partial charge < -0.3 is 14.8 Å². The van der Waals surface area contributed by atoms with Crippen LogP contribution in [0.25, 0.3) is 0 Å². The van der Waals surface area contributed by atoms with Crippen molar-refractivity contribution < 1.29 is 22.7 Å². The van der Waals surface area contributed by atoms with Gasteiger partial charge in [-0.3, -0.25) is 9.10 Å². The standard InChI is InChI=1S/C21H27ClN2O5S/c1-6-29-18-10-7-16(8-11-18)14(2)23-21(25)15(3)24(30(5,26)27)19-13-17(22)9-12-20(19)28-4/h7-15H,6H2,1-5H3,(H,23,25)/t14-,15-/m1/s1. The van der Waals surface area contributed by atoms with Gasteiger partial charge in [0.1, 0.15) is 17.5 Å². The predicted octanol–water partition coefficient (Wildman–Crippen LogP) is 3.78. The van der Waals surface area contributed by atoms with Gasteiger partial charge in [-0.1, -0.05) is 23.7 Å². The number of halogens is 1. The molecule has 2 rings (SSSR count). The molecular formula is C21H27ClN2O5S. The summed E-state index contributed by atoms with van der Waals surface area (Å²) in [5.74, 6) is 0.581. The SMILES string of the molecule is CCOc1ccc([C@@H](C)NC(=O)[C@@H](C)N(c2cc(Cl)ccc2OC)S(C)(=O)=O)cc1. The largest absolute Gasteiger partial charge is 0.495 e. The number of nitrogens with zero attached hydrogens (tertiary/aromatic N) is 1. The van der Waals surface area contributed by atoms with Crippen molar-refractivity contribution in [3.05, 3.63) is 53.1 Å². The Morgan fingerprint density at radius 1 is 1.17 bits per heavy atom. The zero-order valence-corrected chi connectivity index (χ0v) is 19.3. The van der Waals surface area contributed by atoms with Crippen molar-refractivity contribution in [3.63, 3.8) is 0 Å². The van der Waals surface area contributed by atoms with Crippen LogP contribution in [0.1, 0.15) is 32.4 Å². The lowest BCUT2D eigenvalue weighted by Gasteiger charge is -2.30. The lowest BCUT2D eigenvalue weighted by Crippen LogP contribution is -2.48. The first kappa shape index (κ1) is 23.8. The Morgan fingerprint density at radius 3 is 2.33 bits per heavy atom. The van der Waals surface area contributed by atoms with E-state index in [2.05, 4.69) is 5.32 Å². The maximum atomic E-state index is 12.9. The van der Waals surface area contributed by atoms with Crippen molar-refractivity contribution in [1.82, 2.24) is 5.32 Å². The minimum Gasteiger partial charge on any atom is -0.495 e. The van der Waals surface area contributed by atoms with E-state index in [0.29, 0.717) is 17.4 Å². The molecule has 0 aliphatic rings. The van der Waals surface area contributed by atoms with E-state index in [1.165, 1.54) is 20.1 Å². The van der Waals surface area contributed by atoms with Crippen molar-refractivity contribution in [2.24, 2.45) is 0 Å². The highest BCUT2D eigenvalue weighted by atomic mass is 35.5.